The van der Waals surface area contributed by atoms with Gasteiger partial charge >= 0.3 is 0 Å². The Morgan fingerprint density at radius 3 is 2.61 bits per heavy atom. The van der Waals surface area contributed by atoms with Crippen molar-refractivity contribution in [3.63, 3.8) is 0 Å². The number of rotatable bonds is 6. The number of ketones is 1. The summed E-state index contributed by atoms with van der Waals surface area (Å²) >= 11 is 3.24. The van der Waals surface area contributed by atoms with Gasteiger partial charge in [0.1, 0.15) is 11.5 Å². The summed E-state index contributed by atoms with van der Waals surface area (Å²) in [6, 6.07) is 11.7. The van der Waals surface area contributed by atoms with Gasteiger partial charge in [-0.25, -0.2) is 22.2 Å². The largest absolute Gasteiger partial charge is 0.345 e. The summed E-state index contributed by atoms with van der Waals surface area (Å²) in [4.78, 5) is 19.8. The highest BCUT2D eigenvalue weighted by Gasteiger charge is 2.26. The van der Waals surface area contributed by atoms with Crippen LogP contribution < -0.4 is 4.72 Å². The van der Waals surface area contributed by atoms with E-state index in [4.69, 9.17) is 0 Å². The van der Waals surface area contributed by atoms with E-state index in [1.807, 2.05) is 0 Å². The fourth-order valence-electron chi connectivity index (χ4n) is 3.14. The van der Waals surface area contributed by atoms with Crippen molar-refractivity contribution in [2.24, 2.45) is 0 Å². The molecule has 10 heteroatoms. The Bertz CT molecular complexity index is 1410. The average molecular weight is 506 g/mol. The Morgan fingerprint density at radius 1 is 1.13 bits per heavy atom. The molecule has 0 aliphatic carbocycles. The van der Waals surface area contributed by atoms with Gasteiger partial charge in [-0.2, -0.15) is 0 Å². The molecule has 0 unspecified atom stereocenters. The minimum atomic E-state index is -4.01. The van der Waals surface area contributed by atoms with Crippen LogP contribution in [0.15, 0.2) is 65.4 Å². The van der Waals surface area contributed by atoms with Crippen LogP contribution in [0.2, 0.25) is 0 Å². The molecule has 0 spiro atoms. The van der Waals surface area contributed by atoms with Crippen LogP contribution in [-0.4, -0.2) is 24.2 Å². The second-order valence-electron chi connectivity index (χ2n) is 6.71. The number of nitrogens with one attached hydrogen (secondary N) is 2. The van der Waals surface area contributed by atoms with E-state index in [9.17, 15) is 17.6 Å². The lowest BCUT2D eigenvalue weighted by Gasteiger charge is -2.12. The van der Waals surface area contributed by atoms with E-state index < -0.39 is 44.4 Å². The molecule has 4 aromatic rings. The molecule has 2 aromatic heterocycles. The summed E-state index contributed by atoms with van der Waals surface area (Å²) in [5.41, 5.74) is -0.510. The number of aromatic amines is 1. The van der Waals surface area contributed by atoms with Crippen LogP contribution in [0, 0.1) is 11.6 Å². The van der Waals surface area contributed by atoms with Crippen molar-refractivity contribution in [3.8, 4) is 0 Å². The van der Waals surface area contributed by atoms with Crippen LogP contribution in [0.5, 0.6) is 0 Å². The fourth-order valence-corrected chi connectivity index (χ4v) is 4.66. The third-order valence-corrected chi connectivity index (χ3v) is 6.20. The molecule has 158 valence electrons. The molecule has 2 heterocycles. The lowest BCUT2D eigenvalue weighted by Crippen LogP contribution is -2.18. The van der Waals surface area contributed by atoms with E-state index >= 15 is 4.39 Å². The number of carbonyl (C=O) groups is 1. The Balaban J connectivity index is 1.70. The minimum absolute atomic E-state index is 0.00546. The van der Waals surface area contributed by atoms with Crippen LogP contribution >= 0.6 is 15.9 Å². The van der Waals surface area contributed by atoms with Gasteiger partial charge in [-0.05, 0) is 39.7 Å². The number of pyridine rings is 1. The van der Waals surface area contributed by atoms with Crippen molar-refractivity contribution < 1.29 is 22.0 Å². The SMILES string of the molecule is O=C(c1c(F)ccc(NS(=O)(=O)Cc2ccccc2)c1F)c1c[nH]c2ncc(Br)cc12. The van der Waals surface area contributed by atoms with Crippen molar-refractivity contribution >= 4 is 48.5 Å². The first-order valence-corrected chi connectivity index (χ1v) is 11.4. The van der Waals surface area contributed by atoms with Gasteiger partial charge in [-0.15, -0.1) is 0 Å². The lowest BCUT2D eigenvalue weighted by molar-refractivity contribution is 0.103. The van der Waals surface area contributed by atoms with E-state index in [0.29, 0.717) is 21.1 Å². The Morgan fingerprint density at radius 2 is 1.87 bits per heavy atom. The molecule has 0 fully saturated rings. The van der Waals surface area contributed by atoms with Gasteiger partial charge in [-0.1, -0.05) is 30.3 Å². The molecule has 2 N–H and O–H groups in total. The maximum Gasteiger partial charge on any atom is 0.237 e. The molecule has 0 saturated carbocycles. The zero-order valence-electron chi connectivity index (χ0n) is 15.7. The van der Waals surface area contributed by atoms with Crippen LogP contribution in [0.25, 0.3) is 11.0 Å². The van der Waals surface area contributed by atoms with Crippen LogP contribution in [0.3, 0.4) is 0 Å². The first-order valence-electron chi connectivity index (χ1n) is 8.95. The number of nitrogens with zero attached hydrogens (tertiary/aromatic N) is 1. The highest BCUT2D eigenvalue weighted by Crippen LogP contribution is 2.28. The predicted octanol–water partition coefficient (Wildman–Crippen LogP) is 4.78. The number of halogens is 3. The van der Waals surface area contributed by atoms with Crippen LogP contribution in [0.1, 0.15) is 21.5 Å². The molecule has 0 bridgehead atoms. The molecule has 0 atom stereocenters. The van der Waals surface area contributed by atoms with Crippen molar-refractivity contribution in [1.29, 1.82) is 0 Å². The van der Waals surface area contributed by atoms with Gasteiger partial charge in [0, 0.05) is 27.8 Å². The minimum Gasteiger partial charge on any atom is -0.345 e. The van der Waals surface area contributed by atoms with Crippen molar-refractivity contribution in [2.75, 3.05) is 4.72 Å². The summed E-state index contributed by atoms with van der Waals surface area (Å²) in [7, 11) is -4.01. The number of benzene rings is 2. The number of fused-ring (bicyclic) bond motifs is 1. The van der Waals surface area contributed by atoms with Gasteiger partial charge in [0.25, 0.3) is 0 Å². The van der Waals surface area contributed by atoms with E-state index in [-0.39, 0.29) is 5.56 Å². The van der Waals surface area contributed by atoms with Crippen LogP contribution in [0.4, 0.5) is 14.5 Å². The summed E-state index contributed by atoms with van der Waals surface area (Å²) in [5.74, 6) is -3.74. The molecule has 4 rings (SSSR count). The van der Waals surface area contributed by atoms with Gasteiger partial charge in [0.2, 0.25) is 15.8 Å². The molecule has 0 aliphatic rings. The first kappa shape index (κ1) is 21.1. The average Bonchev–Trinajstić information content (AvgIpc) is 3.13. The third-order valence-electron chi connectivity index (χ3n) is 4.53. The van der Waals surface area contributed by atoms with E-state index in [1.54, 1.807) is 36.4 Å². The quantitative estimate of drug-likeness (QED) is 0.369. The lowest BCUT2D eigenvalue weighted by atomic mass is 10.0. The third kappa shape index (κ3) is 4.35. The van der Waals surface area contributed by atoms with E-state index in [0.717, 1.165) is 12.1 Å². The highest BCUT2D eigenvalue weighted by molar-refractivity contribution is 9.10. The number of sulfonamides is 1. The van der Waals surface area contributed by atoms with Gasteiger partial charge in [0.15, 0.2) is 5.82 Å². The molecular weight excluding hydrogens is 492 g/mol. The summed E-state index contributed by atoms with van der Waals surface area (Å²) in [5, 5.41) is 0.369. The molecule has 2 aromatic carbocycles. The highest BCUT2D eigenvalue weighted by atomic mass is 79.9. The summed E-state index contributed by atoms with van der Waals surface area (Å²) < 4.78 is 57.1. The maximum atomic E-state index is 15.1. The Labute approximate surface area is 184 Å². The monoisotopic (exact) mass is 505 g/mol. The Kier molecular flexibility index (Phi) is 5.59. The molecule has 0 radical (unpaired) electrons. The smallest absolute Gasteiger partial charge is 0.237 e. The van der Waals surface area contributed by atoms with Crippen molar-refractivity contribution in [3.05, 3.63) is 93.7 Å². The second kappa shape index (κ2) is 8.20. The second-order valence-corrected chi connectivity index (χ2v) is 9.35. The Hall–Kier alpha value is -3.11. The van der Waals surface area contributed by atoms with Crippen molar-refractivity contribution in [1.82, 2.24) is 9.97 Å². The number of carbonyl (C=O) groups excluding carboxylic acids is 1. The van der Waals surface area contributed by atoms with E-state index in [2.05, 4.69) is 30.6 Å². The molecule has 6 nitrogen and oxygen atoms in total. The number of hydrogen-bond acceptors (Lipinski definition) is 4. The van der Waals surface area contributed by atoms with Crippen molar-refractivity contribution in [2.45, 2.75) is 5.75 Å². The van der Waals surface area contributed by atoms with Gasteiger partial charge in [0.05, 0.1) is 17.0 Å². The fraction of sp³-hybridized carbons (Fsp3) is 0.0476. The molecule has 0 saturated heterocycles. The normalized spacial score (nSPS) is 11.6. The number of aromatic nitrogens is 2. The predicted molar refractivity (Wildman–Crippen MR) is 116 cm³/mol. The molecule has 31 heavy (non-hydrogen) atoms. The number of hydrogen-bond donors (Lipinski definition) is 2. The first-order chi connectivity index (χ1) is 14.7. The van der Waals surface area contributed by atoms with Gasteiger partial charge < -0.3 is 4.98 Å². The van der Waals surface area contributed by atoms with Crippen LogP contribution in [-0.2, 0) is 15.8 Å². The zero-order valence-corrected chi connectivity index (χ0v) is 18.1. The summed E-state index contributed by atoms with van der Waals surface area (Å²) in [6.45, 7) is 0. The summed E-state index contributed by atoms with van der Waals surface area (Å²) in [6.07, 6.45) is 2.81. The zero-order chi connectivity index (χ0) is 22.2. The number of H-pyrrole nitrogens is 1. The molecular formula is C21H14BrF2N3O3S. The van der Waals surface area contributed by atoms with E-state index in [1.165, 1.54) is 12.4 Å². The maximum absolute atomic E-state index is 15.1. The van der Waals surface area contributed by atoms with Gasteiger partial charge in [-0.3, -0.25) is 9.52 Å². The molecule has 0 amide bonds. The standard InChI is InChI=1S/C21H14BrF2N3O3S/c22-13-8-14-15(10-26-21(14)25-9-13)20(28)18-16(23)6-7-17(19(18)24)27-31(29,30)11-12-4-2-1-3-5-12/h1-10,27H,11H2,(H,25,26). The number of anilines is 1. The topological polar surface area (TPSA) is 91.9 Å². The molecule has 0 aliphatic heterocycles.